The van der Waals surface area contributed by atoms with E-state index in [1.165, 1.54) is 6.20 Å². The van der Waals surface area contributed by atoms with Crippen molar-refractivity contribution in [1.29, 1.82) is 5.26 Å². The summed E-state index contributed by atoms with van der Waals surface area (Å²) in [5, 5.41) is 8.14. The monoisotopic (exact) mass is 108 g/mol. The molecule has 0 unspecified atom stereocenters. The van der Waals surface area contributed by atoms with Crippen LogP contribution >= 0.6 is 0 Å². The van der Waals surface area contributed by atoms with Crippen molar-refractivity contribution >= 4 is 0 Å². The second-order valence-corrected chi connectivity index (χ2v) is 1.39. The lowest BCUT2D eigenvalue weighted by molar-refractivity contribution is 0.512. The number of oxazole rings is 1. The van der Waals surface area contributed by atoms with E-state index in [2.05, 4.69) is 4.98 Å². The maximum absolute atomic E-state index is 8.14. The Hall–Kier alpha value is -1.30. The average molecular weight is 108 g/mol. The molecular weight excluding hydrogens is 104 g/mol. The minimum atomic E-state index is 0.127. The van der Waals surface area contributed by atoms with E-state index < -0.39 is 0 Å². The summed E-state index contributed by atoms with van der Waals surface area (Å²) in [5.41, 5.74) is 0. The summed E-state index contributed by atoms with van der Waals surface area (Å²) in [6.07, 6.45) is 1.51. The van der Waals surface area contributed by atoms with Gasteiger partial charge >= 0.3 is 5.89 Å². The van der Waals surface area contributed by atoms with Crippen LogP contribution in [0.1, 0.15) is 11.7 Å². The zero-order chi connectivity index (χ0) is 5.98. The van der Waals surface area contributed by atoms with Gasteiger partial charge in [-0.25, -0.2) is 4.98 Å². The van der Waals surface area contributed by atoms with Crippen molar-refractivity contribution in [2.45, 2.75) is 6.92 Å². The van der Waals surface area contributed by atoms with Crippen molar-refractivity contribution in [2.24, 2.45) is 0 Å². The number of hydrogen-bond acceptors (Lipinski definition) is 3. The van der Waals surface area contributed by atoms with Gasteiger partial charge in [0.05, 0.1) is 6.20 Å². The van der Waals surface area contributed by atoms with Crippen LogP contribution in [0, 0.1) is 18.3 Å². The largest absolute Gasteiger partial charge is 0.434 e. The third-order valence-corrected chi connectivity index (χ3v) is 0.717. The second kappa shape index (κ2) is 1.66. The van der Waals surface area contributed by atoms with Gasteiger partial charge in [0.2, 0.25) is 0 Å². The maximum atomic E-state index is 8.14. The van der Waals surface area contributed by atoms with Gasteiger partial charge < -0.3 is 4.42 Å². The summed E-state index contributed by atoms with van der Waals surface area (Å²) >= 11 is 0. The van der Waals surface area contributed by atoms with E-state index in [0.29, 0.717) is 5.76 Å². The van der Waals surface area contributed by atoms with E-state index >= 15 is 0 Å². The Morgan fingerprint density at radius 1 is 1.88 bits per heavy atom. The number of aryl methyl sites for hydroxylation is 1. The molecule has 3 nitrogen and oxygen atoms in total. The van der Waals surface area contributed by atoms with Crippen LogP contribution in [0.25, 0.3) is 0 Å². The Kier molecular flexibility index (Phi) is 1.01. The van der Waals surface area contributed by atoms with Crippen LogP contribution in [-0.2, 0) is 0 Å². The van der Waals surface area contributed by atoms with E-state index in [1.807, 2.05) is 0 Å². The maximum Gasteiger partial charge on any atom is 0.300 e. The molecule has 0 aliphatic rings. The fourth-order valence-electron chi connectivity index (χ4n) is 0.406. The highest BCUT2D eigenvalue weighted by molar-refractivity contribution is 5.06. The van der Waals surface area contributed by atoms with Crippen molar-refractivity contribution in [1.82, 2.24) is 4.98 Å². The van der Waals surface area contributed by atoms with Crippen molar-refractivity contribution in [2.75, 3.05) is 0 Å². The molecule has 0 aliphatic carbocycles. The first-order valence-electron chi connectivity index (χ1n) is 2.15. The molecule has 0 N–H and O–H groups in total. The predicted molar refractivity (Wildman–Crippen MR) is 26.0 cm³/mol. The Labute approximate surface area is 46.6 Å². The fourth-order valence-corrected chi connectivity index (χ4v) is 0.406. The first-order chi connectivity index (χ1) is 3.83. The van der Waals surface area contributed by atoms with Gasteiger partial charge in [-0.2, -0.15) is 5.26 Å². The summed E-state index contributed by atoms with van der Waals surface area (Å²) in [7, 11) is 0. The van der Waals surface area contributed by atoms with Crippen molar-refractivity contribution in [3.63, 3.8) is 0 Å². The van der Waals surface area contributed by atoms with Gasteiger partial charge in [-0.3, -0.25) is 0 Å². The highest BCUT2D eigenvalue weighted by Gasteiger charge is 1.93. The average Bonchev–Trinajstić information content (AvgIpc) is 2.14. The topological polar surface area (TPSA) is 49.8 Å². The predicted octanol–water partition coefficient (Wildman–Crippen LogP) is 0.855. The van der Waals surface area contributed by atoms with Gasteiger partial charge in [0.15, 0.2) is 6.07 Å². The highest BCUT2D eigenvalue weighted by Crippen LogP contribution is 1.97. The molecule has 0 saturated carbocycles. The van der Waals surface area contributed by atoms with Crippen molar-refractivity contribution in [3.05, 3.63) is 17.8 Å². The number of nitriles is 1. The van der Waals surface area contributed by atoms with Gasteiger partial charge in [-0.1, -0.05) is 0 Å². The van der Waals surface area contributed by atoms with E-state index in [9.17, 15) is 0 Å². The Bertz CT molecular complexity index is 221. The van der Waals surface area contributed by atoms with Gasteiger partial charge in [0, 0.05) is 0 Å². The van der Waals surface area contributed by atoms with Gasteiger partial charge in [-0.05, 0) is 6.92 Å². The molecule has 40 valence electrons. The van der Waals surface area contributed by atoms with E-state index in [1.54, 1.807) is 13.0 Å². The van der Waals surface area contributed by atoms with Crippen molar-refractivity contribution in [3.8, 4) is 6.07 Å². The molecule has 0 spiro atoms. The van der Waals surface area contributed by atoms with Crippen LogP contribution in [0.15, 0.2) is 10.6 Å². The normalized spacial score (nSPS) is 8.50. The lowest BCUT2D eigenvalue weighted by Crippen LogP contribution is -1.64. The molecule has 0 radical (unpaired) electrons. The minimum absolute atomic E-state index is 0.127. The minimum Gasteiger partial charge on any atom is -0.434 e. The molecule has 0 bridgehead atoms. The molecule has 0 saturated heterocycles. The van der Waals surface area contributed by atoms with Crippen molar-refractivity contribution < 1.29 is 4.42 Å². The molecule has 0 aromatic carbocycles. The molecule has 0 amide bonds. The van der Waals surface area contributed by atoms with Gasteiger partial charge in [0.1, 0.15) is 5.76 Å². The molecule has 0 aliphatic heterocycles. The van der Waals surface area contributed by atoms with Crippen LogP contribution in [0.3, 0.4) is 0 Å². The van der Waals surface area contributed by atoms with E-state index in [4.69, 9.17) is 9.68 Å². The second-order valence-electron chi connectivity index (χ2n) is 1.39. The summed E-state index contributed by atoms with van der Waals surface area (Å²) in [4.78, 5) is 3.61. The standard InChI is InChI=1S/C5H4N2O/c1-4-3-7-5(2-6)8-4/h3H,1H3. The summed E-state index contributed by atoms with van der Waals surface area (Å²) < 4.78 is 4.76. The van der Waals surface area contributed by atoms with Crippen LogP contribution in [0.5, 0.6) is 0 Å². The summed E-state index contributed by atoms with van der Waals surface area (Å²) in [6.45, 7) is 1.74. The van der Waals surface area contributed by atoms with E-state index in [-0.39, 0.29) is 5.89 Å². The van der Waals surface area contributed by atoms with Crippen LogP contribution < -0.4 is 0 Å². The summed E-state index contributed by atoms with van der Waals surface area (Å²) in [6, 6.07) is 1.77. The zero-order valence-corrected chi connectivity index (χ0v) is 4.38. The lowest BCUT2D eigenvalue weighted by Gasteiger charge is -1.71. The van der Waals surface area contributed by atoms with Crippen LogP contribution in [0.2, 0.25) is 0 Å². The van der Waals surface area contributed by atoms with Crippen LogP contribution in [0.4, 0.5) is 0 Å². The molecule has 3 heteroatoms. The highest BCUT2D eigenvalue weighted by atomic mass is 16.3. The van der Waals surface area contributed by atoms with Gasteiger partial charge in [0.25, 0.3) is 0 Å². The Morgan fingerprint density at radius 2 is 2.62 bits per heavy atom. The quantitative estimate of drug-likeness (QED) is 0.495. The van der Waals surface area contributed by atoms with Crippen LogP contribution in [-0.4, -0.2) is 4.98 Å². The smallest absolute Gasteiger partial charge is 0.300 e. The SMILES string of the molecule is Cc1cnc(C#N)o1. The molecular formula is C5H4N2O. The number of hydrogen-bond donors (Lipinski definition) is 0. The molecule has 1 rings (SSSR count). The Morgan fingerprint density at radius 3 is 2.88 bits per heavy atom. The number of rotatable bonds is 0. The molecule has 1 aromatic heterocycles. The molecule has 8 heavy (non-hydrogen) atoms. The summed E-state index contributed by atoms with van der Waals surface area (Å²) in [5.74, 6) is 0.795. The molecule has 1 aromatic rings. The first-order valence-corrected chi connectivity index (χ1v) is 2.15. The third-order valence-electron chi connectivity index (χ3n) is 0.717. The lowest BCUT2D eigenvalue weighted by atomic mass is 10.6. The first kappa shape index (κ1) is 4.85. The van der Waals surface area contributed by atoms with E-state index in [0.717, 1.165) is 0 Å². The number of aromatic nitrogens is 1. The third kappa shape index (κ3) is 0.684. The number of nitrogens with zero attached hydrogens (tertiary/aromatic N) is 2. The Balaban J connectivity index is 3.05. The zero-order valence-electron chi connectivity index (χ0n) is 4.38. The van der Waals surface area contributed by atoms with Gasteiger partial charge in [-0.15, -0.1) is 0 Å². The molecule has 1 heterocycles. The molecule has 0 atom stereocenters. The molecule has 0 fully saturated rings. The fraction of sp³-hybridized carbons (Fsp3) is 0.200.